The summed E-state index contributed by atoms with van der Waals surface area (Å²) >= 11 is 0. The summed E-state index contributed by atoms with van der Waals surface area (Å²) in [5, 5.41) is 0. The number of rotatable bonds is 2. The standard InChI is InChI=1S/C10H18O2/c1-5-8-7-11-9(12-8)6-10(2,3)4/h5,8-9H,1,6-7H2,2-4H3. The van der Waals surface area contributed by atoms with E-state index in [1.54, 1.807) is 6.08 Å². The lowest BCUT2D eigenvalue weighted by Gasteiger charge is -2.21. The van der Waals surface area contributed by atoms with E-state index in [1.165, 1.54) is 0 Å². The zero-order valence-corrected chi connectivity index (χ0v) is 8.17. The van der Waals surface area contributed by atoms with Crippen LogP contribution in [0.15, 0.2) is 12.7 Å². The predicted octanol–water partition coefficient (Wildman–Crippen LogP) is 2.35. The highest BCUT2D eigenvalue weighted by Crippen LogP contribution is 2.26. The molecule has 1 aliphatic rings. The second-order valence-electron chi connectivity index (χ2n) is 4.44. The van der Waals surface area contributed by atoms with Gasteiger partial charge in [0.2, 0.25) is 0 Å². The van der Waals surface area contributed by atoms with Gasteiger partial charge in [0.15, 0.2) is 6.29 Å². The lowest BCUT2D eigenvalue weighted by Crippen LogP contribution is -2.18. The van der Waals surface area contributed by atoms with Gasteiger partial charge in [0, 0.05) is 6.42 Å². The average Bonchev–Trinajstić information content (AvgIpc) is 2.32. The van der Waals surface area contributed by atoms with Crippen molar-refractivity contribution >= 4 is 0 Å². The smallest absolute Gasteiger partial charge is 0.159 e. The van der Waals surface area contributed by atoms with Gasteiger partial charge in [-0.05, 0) is 5.41 Å². The van der Waals surface area contributed by atoms with Crippen molar-refractivity contribution < 1.29 is 9.47 Å². The maximum absolute atomic E-state index is 5.55. The number of ether oxygens (including phenoxy) is 2. The van der Waals surface area contributed by atoms with E-state index in [0.29, 0.717) is 6.61 Å². The summed E-state index contributed by atoms with van der Waals surface area (Å²) in [6, 6.07) is 0. The first-order valence-corrected chi connectivity index (χ1v) is 4.41. The minimum atomic E-state index is -0.0343. The summed E-state index contributed by atoms with van der Waals surface area (Å²) in [5.74, 6) is 0. The first-order chi connectivity index (χ1) is 5.51. The molecule has 1 heterocycles. The topological polar surface area (TPSA) is 18.5 Å². The molecule has 2 heteroatoms. The summed E-state index contributed by atoms with van der Waals surface area (Å²) in [5.41, 5.74) is 0.265. The van der Waals surface area contributed by atoms with Crippen LogP contribution in [0.5, 0.6) is 0 Å². The van der Waals surface area contributed by atoms with Gasteiger partial charge in [-0.1, -0.05) is 26.8 Å². The highest BCUT2D eigenvalue weighted by molar-refractivity contribution is 4.83. The van der Waals surface area contributed by atoms with E-state index < -0.39 is 0 Å². The Kier molecular flexibility index (Phi) is 2.91. The Hall–Kier alpha value is -0.340. The summed E-state index contributed by atoms with van der Waals surface area (Å²) < 4.78 is 11.0. The van der Waals surface area contributed by atoms with Crippen LogP contribution in [0.3, 0.4) is 0 Å². The Morgan fingerprint density at radius 1 is 1.50 bits per heavy atom. The Labute approximate surface area is 74.6 Å². The van der Waals surface area contributed by atoms with Gasteiger partial charge in [0.25, 0.3) is 0 Å². The van der Waals surface area contributed by atoms with E-state index in [4.69, 9.17) is 9.47 Å². The van der Waals surface area contributed by atoms with Gasteiger partial charge in [0.1, 0.15) is 6.10 Å². The minimum Gasteiger partial charge on any atom is -0.350 e. The summed E-state index contributed by atoms with van der Waals surface area (Å²) in [6.45, 7) is 10.9. The highest BCUT2D eigenvalue weighted by atomic mass is 16.7. The maximum Gasteiger partial charge on any atom is 0.159 e. The molecule has 0 aromatic rings. The molecule has 0 aromatic carbocycles. The van der Waals surface area contributed by atoms with Gasteiger partial charge in [0.05, 0.1) is 6.61 Å². The molecular formula is C10H18O2. The second kappa shape index (κ2) is 3.58. The van der Waals surface area contributed by atoms with E-state index >= 15 is 0 Å². The molecule has 70 valence electrons. The van der Waals surface area contributed by atoms with Crippen molar-refractivity contribution in [3.63, 3.8) is 0 Å². The SMILES string of the molecule is C=CC1COC(CC(C)(C)C)O1. The molecule has 0 spiro atoms. The summed E-state index contributed by atoms with van der Waals surface area (Å²) in [4.78, 5) is 0. The molecule has 0 aromatic heterocycles. The van der Waals surface area contributed by atoms with Crippen LogP contribution in [0.1, 0.15) is 27.2 Å². The molecule has 1 fully saturated rings. The van der Waals surface area contributed by atoms with Crippen molar-refractivity contribution in [2.45, 2.75) is 39.6 Å². The van der Waals surface area contributed by atoms with Crippen molar-refractivity contribution in [2.75, 3.05) is 6.61 Å². The van der Waals surface area contributed by atoms with Gasteiger partial charge < -0.3 is 9.47 Å². The first kappa shape index (κ1) is 9.75. The van der Waals surface area contributed by atoms with E-state index in [1.807, 2.05) is 0 Å². The molecule has 2 atom stereocenters. The van der Waals surface area contributed by atoms with Crippen LogP contribution in [0.25, 0.3) is 0 Å². The minimum absolute atomic E-state index is 0.0343. The molecule has 0 amide bonds. The third-order valence-corrected chi connectivity index (χ3v) is 1.81. The van der Waals surface area contributed by atoms with Crippen molar-refractivity contribution in [2.24, 2.45) is 5.41 Å². The Morgan fingerprint density at radius 3 is 2.58 bits per heavy atom. The van der Waals surface area contributed by atoms with Gasteiger partial charge in [-0.3, -0.25) is 0 Å². The van der Waals surface area contributed by atoms with Crippen LogP contribution >= 0.6 is 0 Å². The van der Waals surface area contributed by atoms with Crippen LogP contribution in [0.2, 0.25) is 0 Å². The molecular weight excluding hydrogens is 152 g/mol. The van der Waals surface area contributed by atoms with E-state index in [2.05, 4.69) is 27.4 Å². The highest BCUT2D eigenvalue weighted by Gasteiger charge is 2.27. The van der Waals surface area contributed by atoms with Crippen LogP contribution in [-0.4, -0.2) is 19.0 Å². The largest absolute Gasteiger partial charge is 0.350 e. The predicted molar refractivity (Wildman–Crippen MR) is 48.9 cm³/mol. The summed E-state index contributed by atoms with van der Waals surface area (Å²) in [7, 11) is 0. The third-order valence-electron chi connectivity index (χ3n) is 1.81. The molecule has 0 aliphatic carbocycles. The van der Waals surface area contributed by atoms with Gasteiger partial charge in [-0.25, -0.2) is 0 Å². The normalized spacial score (nSPS) is 30.6. The molecule has 1 aliphatic heterocycles. The fourth-order valence-corrected chi connectivity index (χ4v) is 1.21. The molecule has 0 saturated carbocycles. The zero-order valence-electron chi connectivity index (χ0n) is 8.17. The van der Waals surface area contributed by atoms with Crippen LogP contribution in [-0.2, 0) is 9.47 Å². The molecule has 0 radical (unpaired) electrons. The van der Waals surface area contributed by atoms with Crippen molar-refractivity contribution in [1.29, 1.82) is 0 Å². The molecule has 2 unspecified atom stereocenters. The zero-order chi connectivity index (χ0) is 9.19. The molecule has 2 nitrogen and oxygen atoms in total. The monoisotopic (exact) mass is 170 g/mol. The van der Waals surface area contributed by atoms with Crippen molar-refractivity contribution in [1.82, 2.24) is 0 Å². The molecule has 1 rings (SSSR count). The first-order valence-electron chi connectivity index (χ1n) is 4.41. The molecule has 1 saturated heterocycles. The van der Waals surface area contributed by atoms with Crippen molar-refractivity contribution in [3.8, 4) is 0 Å². The molecule has 0 bridgehead atoms. The van der Waals surface area contributed by atoms with Crippen LogP contribution in [0, 0.1) is 5.41 Å². The van der Waals surface area contributed by atoms with E-state index in [9.17, 15) is 0 Å². The van der Waals surface area contributed by atoms with Gasteiger partial charge in [-0.15, -0.1) is 6.58 Å². The van der Waals surface area contributed by atoms with Crippen LogP contribution in [0.4, 0.5) is 0 Å². The van der Waals surface area contributed by atoms with Gasteiger partial charge in [-0.2, -0.15) is 0 Å². The fraction of sp³-hybridized carbons (Fsp3) is 0.800. The molecule has 12 heavy (non-hydrogen) atoms. The van der Waals surface area contributed by atoms with E-state index in [-0.39, 0.29) is 17.8 Å². The number of hydrogen-bond donors (Lipinski definition) is 0. The third kappa shape index (κ3) is 2.95. The molecule has 0 N–H and O–H groups in total. The Bertz CT molecular complexity index is 158. The second-order valence-corrected chi connectivity index (χ2v) is 4.44. The lowest BCUT2D eigenvalue weighted by atomic mass is 9.92. The van der Waals surface area contributed by atoms with E-state index in [0.717, 1.165) is 6.42 Å². The maximum atomic E-state index is 5.55. The van der Waals surface area contributed by atoms with Crippen LogP contribution < -0.4 is 0 Å². The van der Waals surface area contributed by atoms with Crippen molar-refractivity contribution in [3.05, 3.63) is 12.7 Å². The lowest BCUT2D eigenvalue weighted by molar-refractivity contribution is -0.0733. The summed E-state index contributed by atoms with van der Waals surface area (Å²) in [6.07, 6.45) is 2.80. The Balaban J connectivity index is 2.33. The Morgan fingerprint density at radius 2 is 2.17 bits per heavy atom. The van der Waals surface area contributed by atoms with Gasteiger partial charge >= 0.3 is 0 Å². The average molecular weight is 170 g/mol. The quantitative estimate of drug-likeness (QED) is 0.592. The number of hydrogen-bond acceptors (Lipinski definition) is 2. The fourth-order valence-electron chi connectivity index (χ4n) is 1.21.